The minimum absolute atomic E-state index is 0.00138. The fraction of sp³-hybridized carbons (Fsp3) is 0.300. The molecule has 0 aliphatic carbocycles. The van der Waals surface area contributed by atoms with E-state index in [1.807, 2.05) is 67.8 Å². The van der Waals surface area contributed by atoms with Gasteiger partial charge < -0.3 is 5.32 Å². The van der Waals surface area contributed by atoms with E-state index in [-0.39, 0.29) is 5.56 Å². The number of rotatable bonds is 4. The van der Waals surface area contributed by atoms with Gasteiger partial charge in [0.2, 0.25) is 0 Å². The summed E-state index contributed by atoms with van der Waals surface area (Å²) >= 11 is 5.65. The van der Waals surface area contributed by atoms with E-state index in [1.54, 1.807) is 11.4 Å². The number of benzene rings is 1. The molecule has 1 atom stereocenters. The first kappa shape index (κ1) is 20.6. The summed E-state index contributed by atoms with van der Waals surface area (Å²) in [7, 11) is -4.90. The molecule has 22 heavy (non-hydrogen) atoms. The number of halogens is 6. The Morgan fingerprint density at radius 2 is 1.82 bits per heavy atom. The van der Waals surface area contributed by atoms with Crippen LogP contribution < -0.4 is 5.32 Å². The molecule has 0 saturated carbocycles. The third-order valence-corrected chi connectivity index (χ3v) is 6.74. The summed E-state index contributed by atoms with van der Waals surface area (Å²) in [6.07, 6.45) is -5.01. The highest BCUT2D eigenvalue weighted by Gasteiger charge is 2.43. The second-order valence-electron chi connectivity index (χ2n) is 4.07. The van der Waals surface area contributed by atoms with Crippen molar-refractivity contribution < 1.29 is 30.9 Å². The van der Waals surface area contributed by atoms with Crippen LogP contribution in [0, 0.1) is 10.7 Å². The molecule has 0 aliphatic rings. The van der Waals surface area contributed by atoms with Gasteiger partial charge in [0, 0.05) is 10.7 Å². The Bertz CT molecular complexity index is 693. The summed E-state index contributed by atoms with van der Waals surface area (Å²) < 4.78 is 70.1. The molecular weight excluding hydrogens is 668 g/mol. The molecule has 0 spiro atoms. The van der Waals surface area contributed by atoms with E-state index in [4.69, 9.17) is 4.55 Å². The van der Waals surface area contributed by atoms with Gasteiger partial charge >= 0.3 is 6.18 Å². The van der Waals surface area contributed by atoms with Gasteiger partial charge in [-0.05, 0) is 79.9 Å². The van der Waals surface area contributed by atoms with Gasteiger partial charge in [-0.25, -0.2) is 0 Å². The molecule has 1 rings (SSSR count). The highest BCUT2D eigenvalue weighted by molar-refractivity contribution is 14.1. The highest BCUT2D eigenvalue weighted by Crippen LogP contribution is 2.25. The molecule has 0 bridgehead atoms. The summed E-state index contributed by atoms with van der Waals surface area (Å²) in [6.45, 7) is 0. The standard InChI is InChI=1S/C10H7F3I3NO4S/c11-10(12,13)7(3-22(19,20)21)17-9(18)5-1-4(14)2-6(15)8(5)16/h1-2,7H,3H2,(H,17,18)(H,19,20,21). The van der Waals surface area contributed by atoms with Crippen molar-refractivity contribution in [2.24, 2.45) is 0 Å². The molecule has 0 aromatic heterocycles. The summed E-state index contributed by atoms with van der Waals surface area (Å²) in [5.74, 6) is -2.70. The maximum absolute atomic E-state index is 12.8. The van der Waals surface area contributed by atoms with Crippen LogP contribution in [-0.4, -0.2) is 36.8 Å². The minimum Gasteiger partial charge on any atom is -0.339 e. The number of alkyl halides is 3. The first-order chi connectivity index (χ1) is 9.81. The number of amides is 1. The van der Waals surface area contributed by atoms with E-state index in [0.717, 1.165) is 0 Å². The van der Waals surface area contributed by atoms with E-state index >= 15 is 0 Å². The normalized spacial score (nSPS) is 13.8. The van der Waals surface area contributed by atoms with Crippen LogP contribution in [0.4, 0.5) is 13.2 Å². The van der Waals surface area contributed by atoms with Crippen molar-refractivity contribution >= 4 is 83.8 Å². The quantitative estimate of drug-likeness (QED) is 0.293. The van der Waals surface area contributed by atoms with Crippen LogP contribution in [0.15, 0.2) is 12.1 Å². The lowest BCUT2D eigenvalue weighted by atomic mass is 10.2. The summed E-state index contributed by atoms with van der Waals surface area (Å²) in [5.41, 5.74) is 0.00138. The minimum atomic E-state index is -5.01. The number of hydrogen-bond donors (Lipinski definition) is 2. The van der Waals surface area contributed by atoms with Crippen LogP contribution in [0.3, 0.4) is 0 Å². The predicted molar refractivity (Wildman–Crippen MR) is 98.3 cm³/mol. The lowest BCUT2D eigenvalue weighted by Crippen LogP contribution is -2.49. The Morgan fingerprint density at radius 3 is 2.27 bits per heavy atom. The largest absolute Gasteiger partial charge is 0.409 e. The predicted octanol–water partition coefficient (Wildman–Crippen LogP) is 3.05. The Hall–Kier alpha value is 0.580. The maximum Gasteiger partial charge on any atom is 0.409 e. The molecule has 1 aromatic carbocycles. The average Bonchev–Trinajstić information content (AvgIpc) is 2.29. The van der Waals surface area contributed by atoms with Crippen LogP contribution in [0.25, 0.3) is 0 Å². The SMILES string of the molecule is O=C(NC(CS(=O)(=O)O)C(F)(F)F)c1cc(I)cc(I)c1I. The van der Waals surface area contributed by atoms with Gasteiger partial charge in [0.05, 0.1) is 5.56 Å². The van der Waals surface area contributed by atoms with Gasteiger partial charge in [0.25, 0.3) is 16.0 Å². The summed E-state index contributed by atoms with van der Waals surface area (Å²) in [5, 5.41) is 1.61. The van der Waals surface area contributed by atoms with Crippen LogP contribution in [-0.2, 0) is 10.1 Å². The van der Waals surface area contributed by atoms with E-state index < -0.39 is 34.0 Å². The molecule has 12 heteroatoms. The molecule has 2 N–H and O–H groups in total. The molecule has 1 aromatic rings. The molecule has 0 saturated heterocycles. The van der Waals surface area contributed by atoms with Crippen LogP contribution in [0.1, 0.15) is 10.4 Å². The Kier molecular flexibility index (Phi) is 7.17. The summed E-state index contributed by atoms with van der Waals surface area (Å²) in [4.78, 5) is 12.0. The zero-order valence-corrected chi connectivity index (χ0v) is 17.6. The van der Waals surface area contributed by atoms with E-state index in [9.17, 15) is 26.4 Å². The smallest absolute Gasteiger partial charge is 0.339 e. The third kappa shape index (κ3) is 6.23. The number of nitrogens with one attached hydrogen (secondary N) is 1. The molecule has 1 amide bonds. The molecule has 5 nitrogen and oxygen atoms in total. The van der Waals surface area contributed by atoms with Gasteiger partial charge in [-0.1, -0.05) is 0 Å². The zero-order chi connectivity index (χ0) is 17.3. The molecule has 0 fully saturated rings. The van der Waals surface area contributed by atoms with Crippen molar-refractivity contribution in [2.75, 3.05) is 5.75 Å². The highest BCUT2D eigenvalue weighted by atomic mass is 127. The second-order valence-corrected chi connectivity index (χ2v) is 9.05. The van der Waals surface area contributed by atoms with Gasteiger partial charge in [0.15, 0.2) is 0 Å². The van der Waals surface area contributed by atoms with E-state index in [0.29, 0.717) is 10.7 Å². The van der Waals surface area contributed by atoms with Crippen molar-refractivity contribution in [3.63, 3.8) is 0 Å². The van der Waals surface area contributed by atoms with Gasteiger partial charge in [0.1, 0.15) is 11.8 Å². The molecule has 0 heterocycles. The second kappa shape index (κ2) is 7.64. The molecule has 0 aliphatic heterocycles. The van der Waals surface area contributed by atoms with E-state index in [1.165, 1.54) is 6.07 Å². The Labute approximate surface area is 165 Å². The lowest BCUT2D eigenvalue weighted by molar-refractivity contribution is -0.148. The van der Waals surface area contributed by atoms with Gasteiger partial charge in [-0.3, -0.25) is 9.35 Å². The number of hydrogen-bond acceptors (Lipinski definition) is 3. The topological polar surface area (TPSA) is 83.5 Å². The van der Waals surface area contributed by atoms with Crippen LogP contribution in [0.2, 0.25) is 0 Å². The van der Waals surface area contributed by atoms with Gasteiger partial charge in [-0.2, -0.15) is 21.6 Å². The maximum atomic E-state index is 12.8. The number of carbonyl (C=O) groups is 1. The Morgan fingerprint density at radius 1 is 1.27 bits per heavy atom. The summed E-state index contributed by atoms with van der Waals surface area (Å²) in [6, 6.07) is 0.432. The first-order valence-corrected chi connectivity index (χ1v) is 10.1. The van der Waals surface area contributed by atoms with Crippen LogP contribution in [0.5, 0.6) is 0 Å². The van der Waals surface area contributed by atoms with Crippen LogP contribution >= 0.6 is 67.8 Å². The number of carbonyl (C=O) groups excluding carboxylic acids is 1. The molecule has 124 valence electrons. The fourth-order valence-corrected chi connectivity index (χ4v) is 4.48. The van der Waals surface area contributed by atoms with Crippen molar-refractivity contribution in [1.82, 2.24) is 5.32 Å². The fourth-order valence-electron chi connectivity index (χ4n) is 1.39. The van der Waals surface area contributed by atoms with Crippen molar-refractivity contribution in [3.8, 4) is 0 Å². The van der Waals surface area contributed by atoms with Crippen molar-refractivity contribution in [1.29, 1.82) is 0 Å². The monoisotopic (exact) mass is 675 g/mol. The lowest BCUT2D eigenvalue weighted by Gasteiger charge is -2.21. The molecule has 1 unspecified atom stereocenters. The molecular formula is C10H7F3I3NO4S. The Balaban J connectivity index is 3.12. The molecule has 0 radical (unpaired) electrons. The third-order valence-electron chi connectivity index (χ3n) is 2.32. The van der Waals surface area contributed by atoms with E-state index in [2.05, 4.69) is 0 Å². The zero-order valence-electron chi connectivity index (χ0n) is 10.3. The van der Waals surface area contributed by atoms with Crippen molar-refractivity contribution in [3.05, 3.63) is 28.4 Å². The van der Waals surface area contributed by atoms with Gasteiger partial charge in [-0.15, -0.1) is 0 Å². The average molecular weight is 675 g/mol. The van der Waals surface area contributed by atoms with Crippen molar-refractivity contribution in [2.45, 2.75) is 12.2 Å². The first-order valence-electron chi connectivity index (χ1n) is 5.28.